The summed E-state index contributed by atoms with van der Waals surface area (Å²) in [7, 11) is 0. The Morgan fingerprint density at radius 3 is 2.81 bits per heavy atom. The highest BCUT2D eigenvalue weighted by Crippen LogP contribution is 2.42. The average molecular weight is 363 g/mol. The van der Waals surface area contributed by atoms with Crippen LogP contribution in [0.15, 0.2) is 24.3 Å². The smallest absolute Gasteiger partial charge is 0.270 e. The van der Waals surface area contributed by atoms with Crippen LogP contribution in [-0.4, -0.2) is 46.0 Å². The molecule has 2 fully saturated rings. The highest BCUT2D eigenvalue weighted by atomic mass is 16.3. The van der Waals surface area contributed by atoms with Gasteiger partial charge in [-0.15, -0.1) is 10.2 Å². The lowest BCUT2D eigenvalue weighted by Crippen LogP contribution is -2.42. The first-order valence-corrected chi connectivity index (χ1v) is 9.64. The summed E-state index contributed by atoms with van der Waals surface area (Å²) in [5, 5.41) is 22.6. The van der Waals surface area contributed by atoms with Gasteiger partial charge in [0.2, 0.25) is 0 Å². The number of aromatic hydroxyl groups is 1. The van der Waals surface area contributed by atoms with Crippen LogP contribution in [0.2, 0.25) is 0 Å². The summed E-state index contributed by atoms with van der Waals surface area (Å²) < 4.78 is 0. The van der Waals surface area contributed by atoms with E-state index in [4.69, 9.17) is 6.57 Å². The molecule has 2 heterocycles. The van der Waals surface area contributed by atoms with Crippen LogP contribution in [0.25, 0.3) is 16.1 Å². The molecule has 2 N–H and O–H groups in total. The Morgan fingerprint density at radius 1 is 1.26 bits per heavy atom. The van der Waals surface area contributed by atoms with Gasteiger partial charge in [-0.1, -0.05) is 6.07 Å². The molecule has 0 radical (unpaired) electrons. The summed E-state index contributed by atoms with van der Waals surface area (Å²) in [5.74, 6) is 1.64. The number of hydrogen-bond donors (Lipinski definition) is 2. The van der Waals surface area contributed by atoms with E-state index in [0.29, 0.717) is 12.6 Å². The lowest BCUT2D eigenvalue weighted by atomic mass is 10.0. The second-order valence-corrected chi connectivity index (χ2v) is 7.67. The Hall–Kier alpha value is -2.65. The summed E-state index contributed by atoms with van der Waals surface area (Å²) in [6.07, 6.45) is 4.58. The lowest BCUT2D eigenvalue weighted by Gasteiger charge is -2.30. The van der Waals surface area contributed by atoms with Gasteiger partial charge in [-0.2, -0.15) is 0 Å². The van der Waals surface area contributed by atoms with Gasteiger partial charge in [-0.25, -0.2) is 11.5 Å². The van der Waals surface area contributed by atoms with Gasteiger partial charge < -0.3 is 10.4 Å². The normalized spacial score (nSPS) is 20.2. The van der Waals surface area contributed by atoms with E-state index in [2.05, 4.69) is 31.3 Å². The third-order valence-corrected chi connectivity index (χ3v) is 5.44. The van der Waals surface area contributed by atoms with E-state index < -0.39 is 0 Å². The Morgan fingerprint density at radius 2 is 2.11 bits per heavy atom. The maximum absolute atomic E-state index is 10.4. The van der Waals surface area contributed by atoms with Crippen LogP contribution < -0.4 is 5.32 Å². The Bertz CT molecular complexity index is 871. The van der Waals surface area contributed by atoms with Crippen LogP contribution >= 0.6 is 0 Å². The minimum absolute atomic E-state index is 0.277. The molecule has 0 amide bonds. The maximum Gasteiger partial charge on any atom is 0.270 e. The van der Waals surface area contributed by atoms with Crippen molar-refractivity contribution in [1.82, 2.24) is 15.1 Å². The van der Waals surface area contributed by atoms with Gasteiger partial charge in [0.05, 0.1) is 5.69 Å². The topological polar surface area (TPSA) is 65.6 Å². The minimum atomic E-state index is 0.277. The molecule has 1 saturated carbocycles. The first-order chi connectivity index (χ1) is 13.1. The van der Waals surface area contributed by atoms with Crippen LogP contribution in [0, 0.1) is 13.5 Å². The molecule has 2 aliphatic rings. The van der Waals surface area contributed by atoms with Gasteiger partial charge in [-0.3, -0.25) is 4.85 Å². The highest BCUT2D eigenvalue weighted by molar-refractivity contribution is 5.70. The van der Waals surface area contributed by atoms with Gasteiger partial charge in [0.15, 0.2) is 0 Å². The van der Waals surface area contributed by atoms with Crippen molar-refractivity contribution in [3.63, 3.8) is 0 Å². The maximum atomic E-state index is 10.4. The van der Waals surface area contributed by atoms with Crippen LogP contribution in [-0.2, 0) is 0 Å². The first kappa shape index (κ1) is 17.7. The summed E-state index contributed by atoms with van der Waals surface area (Å²) in [4.78, 5) is 5.65. The number of hydrogen-bond acceptors (Lipinski definition) is 5. The van der Waals surface area contributed by atoms with E-state index in [1.54, 1.807) is 0 Å². The van der Waals surface area contributed by atoms with Crippen LogP contribution in [0.5, 0.6) is 5.75 Å². The second kappa shape index (κ2) is 7.53. The second-order valence-electron chi connectivity index (χ2n) is 7.67. The molecule has 0 spiro atoms. The number of aryl methyl sites for hydroxylation is 1. The number of piperidine rings is 1. The van der Waals surface area contributed by atoms with E-state index in [1.807, 2.05) is 25.1 Å². The van der Waals surface area contributed by atoms with Crippen molar-refractivity contribution in [1.29, 1.82) is 0 Å². The fourth-order valence-electron chi connectivity index (χ4n) is 3.85. The third-order valence-electron chi connectivity index (χ3n) is 5.44. The standard InChI is InChI=1S/C21H25N5O/c1-14-10-20(23-17-4-3-9-26(12-17)13-22-2)24-25-21(14)18-8-7-16(11-19(18)27)15-5-6-15/h7-8,10-11,15,17,27H,3-6,9,12-13H2,1H3,(H,23,24)/t17-/m0/s1. The molecule has 2 aromatic rings. The van der Waals surface area contributed by atoms with Crippen molar-refractivity contribution in [3.05, 3.63) is 46.8 Å². The molecule has 27 heavy (non-hydrogen) atoms. The van der Waals surface area contributed by atoms with Crippen molar-refractivity contribution < 1.29 is 5.11 Å². The molecule has 1 atom stereocenters. The highest BCUT2D eigenvalue weighted by Gasteiger charge is 2.25. The number of phenolic OH excluding ortho intramolecular Hbond substituents is 1. The average Bonchev–Trinajstić information content (AvgIpc) is 3.48. The summed E-state index contributed by atoms with van der Waals surface area (Å²) in [5.41, 5.74) is 3.65. The molecule has 1 aromatic heterocycles. The largest absolute Gasteiger partial charge is 0.507 e. The SMILES string of the molecule is [C-]#[N+]CN1CCC[C@H](Nc2cc(C)c(-c3ccc(C4CC4)cc3O)nn2)C1. The van der Waals surface area contributed by atoms with Gasteiger partial charge in [0, 0.05) is 24.7 Å². The molecule has 1 saturated heterocycles. The Balaban J connectivity index is 1.48. The molecule has 1 aromatic carbocycles. The summed E-state index contributed by atoms with van der Waals surface area (Å²) in [6.45, 7) is 11.3. The first-order valence-electron chi connectivity index (χ1n) is 9.64. The van der Waals surface area contributed by atoms with Gasteiger partial charge >= 0.3 is 0 Å². The molecule has 140 valence electrons. The molecule has 1 aliphatic heterocycles. The van der Waals surface area contributed by atoms with Crippen LogP contribution in [0.1, 0.15) is 42.7 Å². The molecule has 1 aliphatic carbocycles. The number of benzene rings is 1. The number of aromatic nitrogens is 2. The summed E-state index contributed by atoms with van der Waals surface area (Å²) >= 11 is 0. The zero-order valence-corrected chi connectivity index (χ0v) is 15.6. The molecule has 6 nitrogen and oxygen atoms in total. The zero-order chi connectivity index (χ0) is 18.8. The predicted octanol–water partition coefficient (Wildman–Crippen LogP) is 3.79. The number of likely N-dealkylation sites (tertiary alicyclic amines) is 1. The number of nitrogens with zero attached hydrogens (tertiary/aromatic N) is 4. The molecule has 6 heteroatoms. The van der Waals surface area contributed by atoms with E-state index in [1.165, 1.54) is 18.4 Å². The fraction of sp³-hybridized carbons (Fsp3) is 0.476. The van der Waals surface area contributed by atoms with Crippen molar-refractivity contribution >= 4 is 5.82 Å². The number of phenols is 1. The minimum Gasteiger partial charge on any atom is -0.507 e. The molecular weight excluding hydrogens is 338 g/mol. The van der Waals surface area contributed by atoms with Crippen molar-refractivity contribution in [3.8, 4) is 17.0 Å². The van der Waals surface area contributed by atoms with Gasteiger partial charge in [0.1, 0.15) is 11.6 Å². The van der Waals surface area contributed by atoms with Crippen molar-refractivity contribution in [2.45, 2.75) is 44.6 Å². The van der Waals surface area contributed by atoms with Crippen LogP contribution in [0.3, 0.4) is 0 Å². The Kier molecular flexibility index (Phi) is 4.95. The summed E-state index contributed by atoms with van der Waals surface area (Å²) in [6, 6.07) is 8.19. The van der Waals surface area contributed by atoms with Gasteiger partial charge in [0.25, 0.3) is 6.67 Å². The third kappa shape index (κ3) is 4.04. The number of rotatable bonds is 5. The lowest BCUT2D eigenvalue weighted by molar-refractivity contribution is 0.236. The van der Waals surface area contributed by atoms with E-state index in [9.17, 15) is 5.11 Å². The predicted molar refractivity (Wildman–Crippen MR) is 106 cm³/mol. The number of anilines is 1. The van der Waals surface area contributed by atoms with Crippen LogP contribution in [0.4, 0.5) is 5.82 Å². The van der Waals surface area contributed by atoms with E-state index >= 15 is 0 Å². The quantitative estimate of drug-likeness (QED) is 0.791. The van der Waals surface area contributed by atoms with E-state index in [0.717, 1.165) is 48.6 Å². The van der Waals surface area contributed by atoms with Crippen molar-refractivity contribution in [2.24, 2.45) is 0 Å². The van der Waals surface area contributed by atoms with Gasteiger partial charge in [-0.05, 0) is 67.9 Å². The molecular formula is C21H25N5O. The fourth-order valence-corrected chi connectivity index (χ4v) is 3.85. The van der Waals surface area contributed by atoms with Crippen molar-refractivity contribution in [2.75, 3.05) is 25.1 Å². The zero-order valence-electron chi connectivity index (χ0n) is 15.6. The molecule has 0 unspecified atom stereocenters. The molecule has 4 rings (SSSR count). The Labute approximate surface area is 160 Å². The monoisotopic (exact) mass is 363 g/mol. The molecule has 0 bridgehead atoms. The van der Waals surface area contributed by atoms with E-state index in [-0.39, 0.29) is 11.8 Å². The number of nitrogens with one attached hydrogen (secondary N) is 1.